The summed E-state index contributed by atoms with van der Waals surface area (Å²) in [6.45, 7) is 0. The SMILES string of the molecule is Brc1ccc(-c2nc3ccc(C45CC6CC(CC(C6)C4)C5)cc3[nH]2)cc1. The van der Waals surface area contributed by atoms with Gasteiger partial charge in [0.05, 0.1) is 11.0 Å². The van der Waals surface area contributed by atoms with Crippen molar-refractivity contribution < 1.29 is 0 Å². The van der Waals surface area contributed by atoms with E-state index in [2.05, 4.69) is 63.4 Å². The van der Waals surface area contributed by atoms with Crippen LogP contribution in [-0.4, -0.2) is 9.97 Å². The van der Waals surface area contributed by atoms with Gasteiger partial charge in [0.25, 0.3) is 0 Å². The summed E-state index contributed by atoms with van der Waals surface area (Å²) in [7, 11) is 0. The molecule has 4 fully saturated rings. The predicted octanol–water partition coefficient (Wildman–Crippen LogP) is 6.46. The van der Waals surface area contributed by atoms with Gasteiger partial charge in [0.15, 0.2) is 0 Å². The molecule has 3 aromatic rings. The first-order chi connectivity index (χ1) is 12.7. The fourth-order valence-electron chi connectivity index (χ4n) is 6.55. The van der Waals surface area contributed by atoms with Crippen LogP contribution in [0.25, 0.3) is 22.4 Å². The molecule has 4 saturated carbocycles. The number of hydrogen-bond donors (Lipinski definition) is 1. The minimum atomic E-state index is 0.450. The molecule has 4 aliphatic carbocycles. The largest absolute Gasteiger partial charge is 0.338 e. The number of rotatable bonds is 2. The molecule has 0 spiro atoms. The monoisotopic (exact) mass is 406 g/mol. The summed E-state index contributed by atoms with van der Waals surface area (Å²) in [5, 5.41) is 0. The van der Waals surface area contributed by atoms with Gasteiger partial charge in [-0.1, -0.05) is 34.1 Å². The van der Waals surface area contributed by atoms with E-state index in [0.717, 1.165) is 39.1 Å². The van der Waals surface area contributed by atoms with Gasteiger partial charge in [-0.25, -0.2) is 4.98 Å². The zero-order chi connectivity index (χ0) is 17.3. The second-order valence-corrected chi connectivity index (χ2v) is 9.94. The third-order valence-corrected chi connectivity index (χ3v) is 7.78. The first-order valence-corrected chi connectivity index (χ1v) is 10.7. The molecular formula is C23H23BrN2. The van der Waals surface area contributed by atoms with Gasteiger partial charge in [0, 0.05) is 10.0 Å². The number of aromatic nitrogens is 2. The summed E-state index contributed by atoms with van der Waals surface area (Å²) < 4.78 is 1.10. The molecular weight excluding hydrogens is 384 g/mol. The minimum Gasteiger partial charge on any atom is -0.338 e. The molecule has 0 radical (unpaired) electrons. The lowest BCUT2D eigenvalue weighted by Gasteiger charge is -2.57. The number of imidazole rings is 1. The van der Waals surface area contributed by atoms with E-state index >= 15 is 0 Å². The Morgan fingerprint density at radius 2 is 1.54 bits per heavy atom. The second-order valence-electron chi connectivity index (χ2n) is 9.02. The van der Waals surface area contributed by atoms with Gasteiger partial charge in [-0.15, -0.1) is 0 Å². The molecule has 1 heterocycles. The number of H-pyrrole nitrogens is 1. The van der Waals surface area contributed by atoms with Crippen LogP contribution in [0.2, 0.25) is 0 Å². The number of benzene rings is 2. The average molecular weight is 407 g/mol. The van der Waals surface area contributed by atoms with E-state index in [1.165, 1.54) is 44.0 Å². The van der Waals surface area contributed by atoms with Crippen molar-refractivity contribution in [2.24, 2.45) is 17.8 Å². The first kappa shape index (κ1) is 15.4. The first-order valence-electron chi connectivity index (χ1n) is 9.93. The molecule has 1 N–H and O–H groups in total. The molecule has 0 amide bonds. The molecule has 4 bridgehead atoms. The van der Waals surface area contributed by atoms with E-state index in [0.29, 0.717) is 5.41 Å². The molecule has 7 rings (SSSR count). The molecule has 2 aromatic carbocycles. The number of fused-ring (bicyclic) bond motifs is 1. The maximum absolute atomic E-state index is 4.83. The topological polar surface area (TPSA) is 28.7 Å². The number of hydrogen-bond acceptors (Lipinski definition) is 1. The van der Waals surface area contributed by atoms with Gasteiger partial charge >= 0.3 is 0 Å². The molecule has 0 unspecified atom stereocenters. The Morgan fingerprint density at radius 3 is 2.19 bits per heavy atom. The Balaban J connectivity index is 1.41. The van der Waals surface area contributed by atoms with Crippen LogP contribution in [-0.2, 0) is 5.41 Å². The van der Waals surface area contributed by atoms with Crippen LogP contribution in [0.5, 0.6) is 0 Å². The number of halogens is 1. The Bertz CT molecular complexity index is 950. The highest BCUT2D eigenvalue weighted by molar-refractivity contribution is 9.10. The number of nitrogens with zero attached hydrogens (tertiary/aromatic N) is 1. The predicted molar refractivity (Wildman–Crippen MR) is 109 cm³/mol. The third kappa shape index (κ3) is 2.32. The Labute approximate surface area is 162 Å². The van der Waals surface area contributed by atoms with Crippen LogP contribution in [0, 0.1) is 17.8 Å². The summed E-state index contributed by atoms with van der Waals surface area (Å²) in [5.41, 5.74) is 5.43. The van der Waals surface area contributed by atoms with Crippen LogP contribution in [0.4, 0.5) is 0 Å². The average Bonchev–Trinajstić information content (AvgIpc) is 3.04. The molecule has 0 aliphatic heterocycles. The van der Waals surface area contributed by atoms with Crippen molar-refractivity contribution in [1.29, 1.82) is 0 Å². The molecule has 26 heavy (non-hydrogen) atoms. The van der Waals surface area contributed by atoms with Crippen molar-refractivity contribution in [1.82, 2.24) is 9.97 Å². The van der Waals surface area contributed by atoms with E-state index in [9.17, 15) is 0 Å². The van der Waals surface area contributed by atoms with E-state index in [1.807, 2.05) is 0 Å². The van der Waals surface area contributed by atoms with Gasteiger partial charge < -0.3 is 4.98 Å². The zero-order valence-electron chi connectivity index (χ0n) is 14.8. The third-order valence-electron chi connectivity index (χ3n) is 7.25. The van der Waals surface area contributed by atoms with Crippen LogP contribution >= 0.6 is 15.9 Å². The van der Waals surface area contributed by atoms with Crippen molar-refractivity contribution in [3.05, 3.63) is 52.5 Å². The van der Waals surface area contributed by atoms with Gasteiger partial charge in [-0.05, 0) is 91.5 Å². The minimum absolute atomic E-state index is 0.450. The fourth-order valence-corrected chi connectivity index (χ4v) is 6.81. The molecule has 3 heteroatoms. The Morgan fingerprint density at radius 1 is 0.885 bits per heavy atom. The van der Waals surface area contributed by atoms with E-state index in [1.54, 1.807) is 5.56 Å². The summed E-state index contributed by atoms with van der Waals surface area (Å²) in [5.74, 6) is 3.92. The fraction of sp³-hybridized carbons (Fsp3) is 0.435. The standard InChI is InChI=1S/C23H23BrN2/c24-19-4-1-17(2-5-19)22-25-20-6-3-18(10-21(20)26-22)23-11-14-7-15(12-23)9-16(8-14)13-23/h1-6,10,14-16H,7-9,11-13H2,(H,25,26). The normalized spacial score (nSPS) is 32.4. The van der Waals surface area contributed by atoms with Gasteiger partial charge in [0.1, 0.15) is 5.82 Å². The van der Waals surface area contributed by atoms with Crippen molar-refractivity contribution in [3.63, 3.8) is 0 Å². The van der Waals surface area contributed by atoms with Crippen molar-refractivity contribution >= 4 is 27.0 Å². The molecule has 132 valence electrons. The van der Waals surface area contributed by atoms with Crippen LogP contribution in [0.1, 0.15) is 44.1 Å². The Hall–Kier alpha value is -1.61. The maximum Gasteiger partial charge on any atom is 0.138 e. The van der Waals surface area contributed by atoms with Crippen LogP contribution in [0.15, 0.2) is 46.9 Å². The summed E-state index contributed by atoms with van der Waals surface area (Å²) >= 11 is 3.51. The number of aromatic amines is 1. The lowest BCUT2D eigenvalue weighted by atomic mass is 9.48. The van der Waals surface area contributed by atoms with Gasteiger partial charge in [-0.2, -0.15) is 0 Å². The highest BCUT2D eigenvalue weighted by atomic mass is 79.9. The Kier molecular flexibility index (Phi) is 3.24. The van der Waals surface area contributed by atoms with Crippen LogP contribution in [0.3, 0.4) is 0 Å². The lowest BCUT2D eigenvalue weighted by Crippen LogP contribution is -2.48. The molecule has 2 nitrogen and oxygen atoms in total. The molecule has 0 saturated heterocycles. The van der Waals surface area contributed by atoms with Crippen molar-refractivity contribution in [2.75, 3.05) is 0 Å². The van der Waals surface area contributed by atoms with E-state index in [4.69, 9.17) is 4.98 Å². The summed E-state index contributed by atoms with van der Waals surface area (Å²) in [6, 6.07) is 15.4. The summed E-state index contributed by atoms with van der Waals surface area (Å²) in [4.78, 5) is 8.41. The van der Waals surface area contributed by atoms with Gasteiger partial charge in [-0.3, -0.25) is 0 Å². The van der Waals surface area contributed by atoms with E-state index < -0.39 is 0 Å². The second kappa shape index (κ2) is 5.45. The quantitative estimate of drug-likeness (QED) is 0.519. The molecule has 0 atom stereocenters. The van der Waals surface area contributed by atoms with Crippen LogP contribution < -0.4 is 0 Å². The lowest BCUT2D eigenvalue weighted by molar-refractivity contribution is -0.00513. The highest BCUT2D eigenvalue weighted by Crippen LogP contribution is 2.60. The maximum atomic E-state index is 4.83. The smallest absolute Gasteiger partial charge is 0.138 e. The van der Waals surface area contributed by atoms with Crippen molar-refractivity contribution in [3.8, 4) is 11.4 Å². The highest BCUT2D eigenvalue weighted by Gasteiger charge is 2.51. The molecule has 1 aromatic heterocycles. The molecule has 4 aliphatic rings. The van der Waals surface area contributed by atoms with Gasteiger partial charge in [0.2, 0.25) is 0 Å². The van der Waals surface area contributed by atoms with Crippen molar-refractivity contribution in [2.45, 2.75) is 43.9 Å². The summed E-state index contributed by atoms with van der Waals surface area (Å²) in [6.07, 6.45) is 8.74. The number of nitrogens with one attached hydrogen (secondary N) is 1. The zero-order valence-corrected chi connectivity index (χ0v) is 16.4. The van der Waals surface area contributed by atoms with E-state index in [-0.39, 0.29) is 0 Å².